The normalized spacial score (nSPS) is 10.3. The molecule has 0 fully saturated rings. The van der Waals surface area contributed by atoms with Crippen LogP contribution in [-0.2, 0) is 6.61 Å². The van der Waals surface area contributed by atoms with Gasteiger partial charge in [0.2, 0.25) is 0 Å². The molecular formula is C19H16N2O4. The number of nitrogens with zero attached hydrogens (tertiary/aromatic N) is 1. The Morgan fingerprint density at radius 3 is 2.44 bits per heavy atom. The van der Waals surface area contributed by atoms with Crippen molar-refractivity contribution in [3.05, 3.63) is 78.0 Å². The van der Waals surface area contributed by atoms with Crippen molar-refractivity contribution in [1.82, 2.24) is 4.98 Å². The van der Waals surface area contributed by atoms with E-state index in [-0.39, 0.29) is 24.1 Å². The number of pyridine rings is 1. The third-order valence-corrected chi connectivity index (χ3v) is 3.47. The number of rotatable bonds is 6. The molecule has 0 radical (unpaired) electrons. The second-order valence-corrected chi connectivity index (χ2v) is 5.33. The van der Waals surface area contributed by atoms with E-state index < -0.39 is 0 Å². The minimum Gasteiger partial charge on any atom is -0.486 e. The molecule has 0 bridgehead atoms. The lowest BCUT2D eigenvalue weighted by Gasteiger charge is -2.05. The number of ketones is 1. The summed E-state index contributed by atoms with van der Waals surface area (Å²) in [5.74, 6) is 0.993. The highest BCUT2D eigenvalue weighted by Crippen LogP contribution is 2.16. The molecular weight excluding hydrogens is 320 g/mol. The van der Waals surface area contributed by atoms with Crippen molar-refractivity contribution in [2.45, 2.75) is 13.5 Å². The van der Waals surface area contributed by atoms with Crippen molar-refractivity contribution in [1.29, 1.82) is 0 Å². The number of anilines is 1. The van der Waals surface area contributed by atoms with Crippen LogP contribution in [-0.4, -0.2) is 16.7 Å². The number of Topliss-reactive ketones (excluding diaryl/α,β-unsaturated/α-hetero) is 1. The van der Waals surface area contributed by atoms with Gasteiger partial charge in [0.05, 0.1) is 0 Å². The number of ether oxygens (including phenoxy) is 1. The van der Waals surface area contributed by atoms with Gasteiger partial charge in [-0.3, -0.25) is 14.6 Å². The van der Waals surface area contributed by atoms with E-state index in [1.165, 1.54) is 6.92 Å². The lowest BCUT2D eigenvalue weighted by atomic mass is 10.1. The molecule has 3 aromatic rings. The van der Waals surface area contributed by atoms with Gasteiger partial charge >= 0.3 is 0 Å². The highest BCUT2D eigenvalue weighted by molar-refractivity contribution is 6.02. The Labute approximate surface area is 144 Å². The molecule has 6 heteroatoms. The molecule has 2 aromatic heterocycles. The van der Waals surface area contributed by atoms with Gasteiger partial charge in [-0.25, -0.2) is 0 Å². The van der Waals surface area contributed by atoms with E-state index in [9.17, 15) is 9.59 Å². The summed E-state index contributed by atoms with van der Waals surface area (Å²) >= 11 is 0. The van der Waals surface area contributed by atoms with Gasteiger partial charge in [0.25, 0.3) is 5.91 Å². The van der Waals surface area contributed by atoms with Crippen LogP contribution in [0, 0.1) is 0 Å². The van der Waals surface area contributed by atoms with Gasteiger partial charge in [-0.15, -0.1) is 0 Å². The van der Waals surface area contributed by atoms with Crippen LogP contribution in [0.4, 0.5) is 5.69 Å². The zero-order chi connectivity index (χ0) is 17.6. The maximum absolute atomic E-state index is 12.1. The molecule has 0 atom stereocenters. The standard InChI is InChI=1S/C19H16N2O4/c1-13(22)14-2-4-16(5-3-14)24-12-17-6-7-18(25-17)19(23)21-15-8-10-20-11-9-15/h2-11H,12H2,1H3,(H,20,21,23). The molecule has 1 aromatic carbocycles. The van der Waals surface area contributed by atoms with Crippen LogP contribution in [0.5, 0.6) is 5.75 Å². The number of hydrogen-bond acceptors (Lipinski definition) is 5. The summed E-state index contributed by atoms with van der Waals surface area (Å²) < 4.78 is 11.1. The summed E-state index contributed by atoms with van der Waals surface area (Å²) in [5, 5.41) is 2.72. The Hall–Kier alpha value is -3.41. The molecule has 1 amide bonds. The molecule has 126 valence electrons. The first-order valence-corrected chi connectivity index (χ1v) is 7.66. The predicted octanol–water partition coefficient (Wildman–Crippen LogP) is 3.71. The number of nitrogens with one attached hydrogen (secondary N) is 1. The van der Waals surface area contributed by atoms with Gasteiger partial charge in [-0.05, 0) is 55.5 Å². The van der Waals surface area contributed by atoms with E-state index >= 15 is 0 Å². The molecule has 0 unspecified atom stereocenters. The van der Waals surface area contributed by atoms with Crippen molar-refractivity contribution in [3.63, 3.8) is 0 Å². The summed E-state index contributed by atoms with van der Waals surface area (Å²) in [6, 6.07) is 13.5. The number of amides is 1. The number of carbonyl (C=O) groups excluding carboxylic acids is 2. The number of benzene rings is 1. The fraction of sp³-hybridized carbons (Fsp3) is 0.105. The SMILES string of the molecule is CC(=O)c1ccc(OCc2ccc(C(=O)Nc3ccncc3)o2)cc1. The quantitative estimate of drug-likeness (QED) is 0.694. The Balaban J connectivity index is 1.58. The largest absolute Gasteiger partial charge is 0.486 e. The molecule has 0 aliphatic carbocycles. The number of carbonyl (C=O) groups is 2. The van der Waals surface area contributed by atoms with E-state index in [4.69, 9.17) is 9.15 Å². The molecule has 0 saturated heterocycles. The molecule has 0 saturated carbocycles. The maximum atomic E-state index is 12.1. The first kappa shape index (κ1) is 16.4. The predicted molar refractivity (Wildman–Crippen MR) is 91.7 cm³/mol. The minimum atomic E-state index is -0.344. The van der Waals surface area contributed by atoms with E-state index in [1.54, 1.807) is 60.9 Å². The number of aromatic nitrogens is 1. The van der Waals surface area contributed by atoms with Crippen molar-refractivity contribution < 1.29 is 18.7 Å². The second kappa shape index (κ2) is 7.44. The van der Waals surface area contributed by atoms with E-state index in [0.717, 1.165) is 0 Å². The summed E-state index contributed by atoms with van der Waals surface area (Å²) in [6.45, 7) is 1.69. The fourth-order valence-electron chi connectivity index (χ4n) is 2.15. The highest BCUT2D eigenvalue weighted by Gasteiger charge is 2.12. The van der Waals surface area contributed by atoms with Gasteiger partial charge in [0.1, 0.15) is 18.1 Å². The van der Waals surface area contributed by atoms with Crippen molar-refractivity contribution in [3.8, 4) is 5.75 Å². The molecule has 1 N–H and O–H groups in total. The lowest BCUT2D eigenvalue weighted by Crippen LogP contribution is -2.10. The Morgan fingerprint density at radius 2 is 1.76 bits per heavy atom. The van der Waals surface area contributed by atoms with Crippen LogP contribution < -0.4 is 10.1 Å². The monoisotopic (exact) mass is 336 g/mol. The third kappa shape index (κ3) is 4.32. The van der Waals surface area contributed by atoms with Gasteiger partial charge in [-0.1, -0.05) is 0 Å². The first-order valence-electron chi connectivity index (χ1n) is 7.66. The van der Waals surface area contributed by atoms with Crippen LogP contribution in [0.25, 0.3) is 0 Å². The van der Waals surface area contributed by atoms with Gasteiger partial charge < -0.3 is 14.5 Å². The Bertz CT molecular complexity index is 870. The molecule has 25 heavy (non-hydrogen) atoms. The first-order chi connectivity index (χ1) is 12.1. The smallest absolute Gasteiger partial charge is 0.291 e. The maximum Gasteiger partial charge on any atom is 0.291 e. The summed E-state index contributed by atoms with van der Waals surface area (Å²) in [6.07, 6.45) is 3.18. The Kier molecular flexibility index (Phi) is 4.89. The average Bonchev–Trinajstić information content (AvgIpc) is 3.10. The highest BCUT2D eigenvalue weighted by atomic mass is 16.5. The van der Waals surface area contributed by atoms with Crippen molar-refractivity contribution in [2.75, 3.05) is 5.32 Å². The molecule has 6 nitrogen and oxygen atoms in total. The zero-order valence-electron chi connectivity index (χ0n) is 13.6. The molecule has 0 aliphatic heterocycles. The number of hydrogen-bond donors (Lipinski definition) is 1. The fourth-order valence-corrected chi connectivity index (χ4v) is 2.15. The third-order valence-electron chi connectivity index (χ3n) is 3.47. The summed E-state index contributed by atoms with van der Waals surface area (Å²) in [4.78, 5) is 27.2. The van der Waals surface area contributed by atoms with Crippen LogP contribution in [0.1, 0.15) is 33.6 Å². The number of furan rings is 1. The van der Waals surface area contributed by atoms with Crippen LogP contribution in [0.2, 0.25) is 0 Å². The zero-order valence-corrected chi connectivity index (χ0v) is 13.6. The molecule has 3 rings (SSSR count). The minimum absolute atomic E-state index is 0.00226. The van der Waals surface area contributed by atoms with E-state index in [0.29, 0.717) is 22.8 Å². The van der Waals surface area contributed by atoms with E-state index in [1.807, 2.05) is 0 Å². The Morgan fingerprint density at radius 1 is 1.04 bits per heavy atom. The molecule has 0 aliphatic rings. The van der Waals surface area contributed by atoms with Crippen molar-refractivity contribution in [2.24, 2.45) is 0 Å². The van der Waals surface area contributed by atoms with Gasteiger partial charge in [0.15, 0.2) is 11.5 Å². The summed E-state index contributed by atoms with van der Waals surface area (Å²) in [5.41, 5.74) is 1.26. The van der Waals surface area contributed by atoms with Crippen LogP contribution in [0.3, 0.4) is 0 Å². The van der Waals surface area contributed by atoms with Crippen LogP contribution in [0.15, 0.2) is 65.3 Å². The second-order valence-electron chi connectivity index (χ2n) is 5.33. The average molecular weight is 336 g/mol. The van der Waals surface area contributed by atoms with E-state index in [2.05, 4.69) is 10.3 Å². The van der Waals surface area contributed by atoms with Crippen LogP contribution >= 0.6 is 0 Å². The molecule has 0 spiro atoms. The molecule has 2 heterocycles. The lowest BCUT2D eigenvalue weighted by molar-refractivity contribution is 0.0990. The van der Waals surface area contributed by atoms with Gasteiger partial charge in [-0.2, -0.15) is 0 Å². The van der Waals surface area contributed by atoms with Gasteiger partial charge in [0, 0.05) is 23.6 Å². The topological polar surface area (TPSA) is 81.4 Å². The summed E-state index contributed by atoms with van der Waals surface area (Å²) in [7, 11) is 0. The van der Waals surface area contributed by atoms with Crippen molar-refractivity contribution >= 4 is 17.4 Å².